The van der Waals surface area contributed by atoms with E-state index in [0.717, 1.165) is 5.57 Å². The minimum Gasteiger partial charge on any atom is -0.549 e. The second-order valence-corrected chi connectivity index (χ2v) is 15.9. The third kappa shape index (κ3) is 6.02. The minimum absolute atomic E-state index is 0.0823. The number of aliphatic hydroxyl groups is 3. The Morgan fingerprint density at radius 3 is 2.34 bits per heavy atom. The molecule has 16 heteroatoms. The maximum Gasteiger partial charge on any atom is 0.397 e. The van der Waals surface area contributed by atoms with Crippen LogP contribution in [0.3, 0.4) is 0 Å². The Morgan fingerprint density at radius 2 is 1.77 bits per heavy atom. The summed E-state index contributed by atoms with van der Waals surface area (Å²) in [6.07, 6.45) is -9.45. The van der Waals surface area contributed by atoms with Gasteiger partial charge in [-0.3, -0.25) is 14.1 Å². The van der Waals surface area contributed by atoms with E-state index in [1.807, 2.05) is 0 Å². The SMILES string of the molecule is C=C1[C@@H]2CC[C@H]3[C@]4(C)C[C@H](O[C@@H]5O[C@H](CO)[C@@H](O)[C@H](OS(=O)(=O)O)[C@H]5OC(=O)CC(C)C)CC(C(=O)[O-])(C(=O)O)[C@H]4CC[C@]3(C2)[C@H]1O. The largest absolute Gasteiger partial charge is 0.549 e. The van der Waals surface area contributed by atoms with Gasteiger partial charge >= 0.3 is 22.3 Å². The molecule has 5 fully saturated rings. The van der Waals surface area contributed by atoms with Gasteiger partial charge in [0.15, 0.2) is 12.4 Å². The lowest BCUT2D eigenvalue weighted by Crippen LogP contribution is -2.68. The van der Waals surface area contributed by atoms with Gasteiger partial charge in [-0.05, 0) is 79.6 Å². The third-order valence-corrected chi connectivity index (χ3v) is 12.3. The number of carbonyl (C=O) groups excluding carboxylic acids is 2. The first-order chi connectivity index (χ1) is 21.8. The first-order valence-electron chi connectivity index (χ1n) is 16.1. The lowest BCUT2D eigenvalue weighted by atomic mass is 9.40. The summed E-state index contributed by atoms with van der Waals surface area (Å²) in [5.74, 6) is -5.64. The molecule has 5 N–H and O–H groups in total. The van der Waals surface area contributed by atoms with Crippen molar-refractivity contribution in [2.75, 3.05) is 6.61 Å². The van der Waals surface area contributed by atoms with Crippen molar-refractivity contribution in [3.8, 4) is 0 Å². The number of esters is 1. The van der Waals surface area contributed by atoms with Crippen LogP contribution in [0.25, 0.3) is 0 Å². The van der Waals surface area contributed by atoms with Crippen molar-refractivity contribution < 1.29 is 71.3 Å². The molecule has 1 heterocycles. The Kier molecular flexibility index (Phi) is 9.69. The summed E-state index contributed by atoms with van der Waals surface area (Å²) in [7, 11) is -5.27. The fourth-order valence-corrected chi connectivity index (χ4v) is 10.5. The molecule has 13 atom stereocenters. The van der Waals surface area contributed by atoms with Gasteiger partial charge in [-0.25, -0.2) is 4.18 Å². The Balaban J connectivity index is 1.55. The Labute approximate surface area is 273 Å². The molecule has 0 aromatic heterocycles. The van der Waals surface area contributed by atoms with Gasteiger partial charge < -0.3 is 44.5 Å². The van der Waals surface area contributed by atoms with Crippen molar-refractivity contribution >= 4 is 28.3 Å². The zero-order valence-corrected chi connectivity index (χ0v) is 27.5. The fraction of sp³-hybridized carbons (Fsp3) is 0.839. The number of hydrogen-bond donors (Lipinski definition) is 5. The molecule has 4 saturated carbocycles. The summed E-state index contributed by atoms with van der Waals surface area (Å²) < 4.78 is 55.3. The molecule has 0 radical (unpaired) electrons. The summed E-state index contributed by atoms with van der Waals surface area (Å²) in [5, 5.41) is 55.7. The summed E-state index contributed by atoms with van der Waals surface area (Å²) in [6, 6.07) is 0. The maximum atomic E-state index is 13.0. The van der Waals surface area contributed by atoms with Gasteiger partial charge in [0.2, 0.25) is 0 Å². The molecule has 4 aliphatic carbocycles. The number of rotatable bonds is 10. The van der Waals surface area contributed by atoms with E-state index >= 15 is 0 Å². The van der Waals surface area contributed by atoms with E-state index < -0.39 is 106 Å². The van der Waals surface area contributed by atoms with Gasteiger partial charge in [-0.1, -0.05) is 27.4 Å². The van der Waals surface area contributed by atoms with Crippen LogP contribution >= 0.6 is 0 Å². The number of fused-ring (bicyclic) bond motifs is 3. The van der Waals surface area contributed by atoms with Gasteiger partial charge in [0.05, 0.1) is 24.8 Å². The molecule has 15 nitrogen and oxygen atoms in total. The topological polar surface area (TPSA) is 246 Å². The van der Waals surface area contributed by atoms with Crippen molar-refractivity contribution in [1.29, 1.82) is 0 Å². The molecule has 5 aliphatic rings. The van der Waals surface area contributed by atoms with Crippen LogP contribution in [0.2, 0.25) is 0 Å². The second-order valence-electron chi connectivity index (χ2n) is 14.8. The molecule has 5 rings (SSSR count). The van der Waals surface area contributed by atoms with E-state index in [0.29, 0.717) is 25.7 Å². The first-order valence-corrected chi connectivity index (χ1v) is 17.4. The van der Waals surface area contributed by atoms with Gasteiger partial charge in [-0.15, -0.1) is 0 Å². The Hall–Kier alpha value is -2.18. The number of aliphatic carboxylic acids is 2. The van der Waals surface area contributed by atoms with Crippen LogP contribution in [-0.4, -0.2) is 101 Å². The molecule has 1 aliphatic heterocycles. The molecule has 266 valence electrons. The number of carboxylic acids is 2. The van der Waals surface area contributed by atoms with E-state index in [1.54, 1.807) is 20.8 Å². The number of hydrogen-bond acceptors (Lipinski definition) is 13. The van der Waals surface area contributed by atoms with Crippen LogP contribution in [0, 0.1) is 39.9 Å². The Morgan fingerprint density at radius 1 is 1.09 bits per heavy atom. The van der Waals surface area contributed by atoms with E-state index in [-0.39, 0.29) is 37.0 Å². The summed E-state index contributed by atoms with van der Waals surface area (Å²) in [4.78, 5) is 38.8. The minimum atomic E-state index is -5.27. The Bertz CT molecular complexity index is 1370. The van der Waals surface area contributed by atoms with Crippen LogP contribution in [-0.2, 0) is 43.2 Å². The summed E-state index contributed by atoms with van der Waals surface area (Å²) in [6.45, 7) is 8.46. The monoisotopic (exact) mass is 689 g/mol. The van der Waals surface area contributed by atoms with Crippen molar-refractivity contribution in [2.24, 2.45) is 39.9 Å². The molecule has 47 heavy (non-hydrogen) atoms. The number of ether oxygens (including phenoxy) is 3. The molecular weight excluding hydrogens is 644 g/mol. The van der Waals surface area contributed by atoms with Gasteiger partial charge in [0, 0.05) is 11.8 Å². The smallest absolute Gasteiger partial charge is 0.397 e. The van der Waals surface area contributed by atoms with Gasteiger partial charge in [0.1, 0.15) is 23.7 Å². The van der Waals surface area contributed by atoms with Crippen LogP contribution in [0.5, 0.6) is 0 Å². The fourth-order valence-electron chi connectivity index (χ4n) is 10.0. The molecular formula is C31H45O15S-. The van der Waals surface area contributed by atoms with Gasteiger partial charge in [-0.2, -0.15) is 8.42 Å². The van der Waals surface area contributed by atoms with Crippen LogP contribution in [0.1, 0.15) is 72.1 Å². The van der Waals surface area contributed by atoms with Crippen LogP contribution in [0.4, 0.5) is 0 Å². The number of carbonyl (C=O) groups is 3. The molecule has 0 amide bonds. The normalized spacial score (nSPS) is 44.8. The maximum absolute atomic E-state index is 13.0. The predicted octanol–water partition coefficient (Wildman–Crippen LogP) is -0.0400. The zero-order chi connectivity index (χ0) is 34.9. The number of aliphatic hydroxyl groups excluding tert-OH is 3. The second kappa shape index (κ2) is 12.6. The van der Waals surface area contributed by atoms with Gasteiger partial charge in [0.25, 0.3) is 0 Å². The van der Waals surface area contributed by atoms with Crippen LogP contribution in [0.15, 0.2) is 12.2 Å². The quantitative estimate of drug-likeness (QED) is 0.0664. The standard InChI is InChI=1S/C31H46O15S/c1-14(2)9-21(33)45-24-23(46-47(40,41)42)22(34)18(13-32)44-26(24)43-17-11-29(4)19-6-5-16-10-30(19,25(35)15(16)3)8-7-20(29)31(12-17,27(36)37)28(38)39/h14,16-20,22-26,32,34-35H,3,5-13H2,1-2,4H3,(H,36,37)(H,38,39)(H,40,41,42)/p-1/t16-,17+,18-,19+,20+,22-,23+,24-,25+,26-,29+,30-/m1/s1. The average Bonchev–Trinajstić information content (AvgIpc) is 3.13. The number of carboxylic acid groups (broad SMARTS) is 2. The highest BCUT2D eigenvalue weighted by Crippen LogP contribution is 2.72. The lowest BCUT2D eigenvalue weighted by Gasteiger charge is -2.65. The van der Waals surface area contributed by atoms with Crippen LogP contribution < -0.4 is 5.11 Å². The molecule has 0 aromatic carbocycles. The molecule has 0 aromatic rings. The van der Waals surface area contributed by atoms with E-state index in [9.17, 15) is 52.9 Å². The van der Waals surface area contributed by atoms with E-state index in [1.165, 1.54) is 0 Å². The lowest BCUT2D eigenvalue weighted by molar-refractivity contribution is -0.341. The van der Waals surface area contributed by atoms with Crippen molar-refractivity contribution in [3.05, 3.63) is 12.2 Å². The highest BCUT2D eigenvalue weighted by atomic mass is 32.3. The summed E-state index contributed by atoms with van der Waals surface area (Å²) in [5.41, 5.74) is -3.38. The molecule has 1 saturated heterocycles. The third-order valence-electron chi connectivity index (χ3n) is 11.8. The average molecular weight is 690 g/mol. The predicted molar refractivity (Wildman–Crippen MR) is 156 cm³/mol. The summed E-state index contributed by atoms with van der Waals surface area (Å²) >= 11 is 0. The van der Waals surface area contributed by atoms with E-state index in [4.69, 9.17) is 18.4 Å². The van der Waals surface area contributed by atoms with E-state index in [2.05, 4.69) is 6.58 Å². The zero-order valence-electron chi connectivity index (χ0n) is 26.6. The highest BCUT2D eigenvalue weighted by Gasteiger charge is 2.70. The molecule has 1 spiro atoms. The molecule has 1 unspecified atom stereocenters. The first kappa shape index (κ1) is 36.1. The van der Waals surface area contributed by atoms with Crippen molar-refractivity contribution in [1.82, 2.24) is 0 Å². The van der Waals surface area contributed by atoms with Crippen molar-refractivity contribution in [3.63, 3.8) is 0 Å². The molecule has 2 bridgehead atoms. The van der Waals surface area contributed by atoms with Crippen molar-refractivity contribution in [2.45, 2.75) is 115 Å². The highest BCUT2D eigenvalue weighted by molar-refractivity contribution is 7.80.